The van der Waals surface area contributed by atoms with Gasteiger partial charge < -0.3 is 35.1 Å². The average molecular weight is 710 g/mol. The lowest BCUT2D eigenvalue weighted by molar-refractivity contribution is -0.192. The van der Waals surface area contributed by atoms with Gasteiger partial charge in [-0.15, -0.1) is 0 Å². The second-order valence-electron chi connectivity index (χ2n) is 12.1. The summed E-state index contributed by atoms with van der Waals surface area (Å²) in [6, 6.07) is 10.5. The summed E-state index contributed by atoms with van der Waals surface area (Å²) in [5, 5.41) is 20.6. The van der Waals surface area contributed by atoms with Gasteiger partial charge in [0.25, 0.3) is 11.5 Å². The van der Waals surface area contributed by atoms with Crippen LogP contribution in [0.15, 0.2) is 58.4 Å². The number of piperidine rings is 1. The largest absolute Gasteiger partial charge is 0.490 e. The number of hydrogen-bond donors (Lipinski definition) is 4. The highest BCUT2D eigenvalue weighted by Gasteiger charge is 2.38. The number of carboxylic acids is 1. The first-order valence-electron chi connectivity index (χ1n) is 15.5. The number of aliphatic hydroxyl groups is 1. The normalized spacial score (nSPS) is 17.0. The van der Waals surface area contributed by atoms with Gasteiger partial charge in [-0.25, -0.2) is 4.79 Å². The van der Waals surface area contributed by atoms with E-state index in [1.807, 2.05) is 17.0 Å². The van der Waals surface area contributed by atoms with Crippen LogP contribution in [-0.4, -0.2) is 94.2 Å². The molecule has 1 aromatic heterocycles. The molecule has 1 atom stereocenters. The number of H-pyrrole nitrogens is 1. The number of alkyl halides is 6. The third-order valence-electron chi connectivity index (χ3n) is 8.52. The van der Waals surface area contributed by atoms with Crippen molar-refractivity contribution >= 4 is 29.0 Å². The zero-order chi connectivity index (χ0) is 36.4. The number of halogens is 6. The van der Waals surface area contributed by atoms with E-state index in [9.17, 15) is 41.0 Å². The number of nitrogens with one attached hydrogen (secondary N) is 2. The molecule has 1 amide bonds. The molecule has 0 spiro atoms. The summed E-state index contributed by atoms with van der Waals surface area (Å²) < 4.78 is 76.7. The predicted molar refractivity (Wildman–Crippen MR) is 169 cm³/mol. The van der Waals surface area contributed by atoms with Crippen LogP contribution in [-0.2, 0) is 23.9 Å². The number of ether oxygens (including phenoxy) is 1. The van der Waals surface area contributed by atoms with E-state index >= 15 is 0 Å². The Balaban J connectivity index is 0.000000630. The Morgan fingerprint density at radius 2 is 1.76 bits per heavy atom. The Hall–Kier alpha value is -4.90. The molecule has 11 nitrogen and oxygen atoms in total. The minimum atomic E-state index is -5.08. The van der Waals surface area contributed by atoms with Gasteiger partial charge in [0, 0.05) is 37.3 Å². The third-order valence-corrected chi connectivity index (χ3v) is 8.52. The molecule has 3 aliphatic heterocycles. The van der Waals surface area contributed by atoms with Crippen LogP contribution in [0, 0.1) is 0 Å². The Morgan fingerprint density at radius 3 is 2.42 bits per heavy atom. The van der Waals surface area contributed by atoms with Crippen molar-refractivity contribution in [1.29, 1.82) is 0 Å². The van der Waals surface area contributed by atoms with Crippen LogP contribution in [0.5, 0.6) is 5.75 Å². The van der Waals surface area contributed by atoms with E-state index < -0.39 is 30.0 Å². The summed E-state index contributed by atoms with van der Waals surface area (Å²) in [6.45, 7) is 2.02. The van der Waals surface area contributed by atoms with E-state index in [4.69, 9.17) is 19.6 Å². The number of para-hydroxylation sites is 1. The number of likely N-dealkylation sites (tertiary alicyclic amines) is 1. The molecular weight excluding hydrogens is 676 g/mol. The fourth-order valence-corrected chi connectivity index (χ4v) is 5.99. The van der Waals surface area contributed by atoms with Crippen LogP contribution in [0.3, 0.4) is 0 Å². The number of carbonyl (C=O) groups is 2. The third kappa shape index (κ3) is 8.27. The molecule has 3 aromatic rings. The molecule has 17 heteroatoms. The number of pyridine rings is 1. The van der Waals surface area contributed by atoms with E-state index in [-0.39, 0.29) is 36.4 Å². The summed E-state index contributed by atoms with van der Waals surface area (Å²) in [6.07, 6.45) is -7.08. The van der Waals surface area contributed by atoms with Gasteiger partial charge >= 0.3 is 18.3 Å². The van der Waals surface area contributed by atoms with Crippen molar-refractivity contribution in [2.24, 2.45) is 4.99 Å². The van der Waals surface area contributed by atoms with Crippen molar-refractivity contribution in [2.75, 3.05) is 38.6 Å². The number of carbonyl (C=O) groups excluding carboxylic acids is 1. The molecule has 4 heterocycles. The zero-order valence-electron chi connectivity index (χ0n) is 26.6. The smallest absolute Gasteiger partial charge is 0.490 e. The summed E-state index contributed by atoms with van der Waals surface area (Å²) in [7, 11) is 2.09. The lowest BCUT2D eigenvalue weighted by Gasteiger charge is -2.34. The SMILES string of the molecule is CN1CCC(N2Cc3cc4c(cc3C2=O)N=C(c2c(NC[C@@H](O)COc3ccccc3C(F)(F)F)cc[nH]c2=O)C4)CC1.O=C(O)C(F)(F)F. The van der Waals surface area contributed by atoms with E-state index in [0.717, 1.165) is 43.1 Å². The first kappa shape index (κ1) is 36.4. The highest BCUT2D eigenvalue weighted by atomic mass is 19.4. The maximum Gasteiger partial charge on any atom is 0.490 e. The number of benzene rings is 2. The minimum Gasteiger partial charge on any atom is -0.490 e. The maximum absolute atomic E-state index is 13.3. The number of aliphatic carboxylic acids is 1. The molecule has 6 rings (SSSR count). The predicted octanol–water partition coefficient (Wildman–Crippen LogP) is 4.61. The molecule has 268 valence electrons. The van der Waals surface area contributed by atoms with Gasteiger partial charge in [-0.1, -0.05) is 18.2 Å². The Morgan fingerprint density at radius 1 is 1.08 bits per heavy atom. The topological polar surface area (TPSA) is 148 Å². The van der Waals surface area contributed by atoms with Crippen molar-refractivity contribution in [3.8, 4) is 5.75 Å². The molecule has 0 aliphatic carbocycles. The second-order valence-corrected chi connectivity index (χ2v) is 12.1. The maximum atomic E-state index is 13.3. The molecular formula is C33H33F6N5O6. The van der Waals surface area contributed by atoms with Crippen molar-refractivity contribution in [3.63, 3.8) is 0 Å². The van der Waals surface area contributed by atoms with Gasteiger partial charge in [0.2, 0.25) is 0 Å². The Labute approximate surface area is 281 Å². The number of aromatic amines is 1. The Bertz CT molecular complexity index is 1830. The van der Waals surface area contributed by atoms with Crippen LogP contribution in [0.1, 0.15) is 45.5 Å². The van der Waals surface area contributed by atoms with Gasteiger partial charge in [0.05, 0.1) is 28.2 Å². The van der Waals surface area contributed by atoms with Gasteiger partial charge in [-0.2, -0.15) is 26.3 Å². The number of amides is 1. The number of anilines is 1. The number of rotatable bonds is 8. The van der Waals surface area contributed by atoms with Crippen LogP contribution in [0.4, 0.5) is 37.7 Å². The highest BCUT2D eigenvalue weighted by Crippen LogP contribution is 2.38. The van der Waals surface area contributed by atoms with Crippen molar-refractivity contribution in [2.45, 2.75) is 50.3 Å². The van der Waals surface area contributed by atoms with E-state index in [2.05, 4.69) is 22.2 Å². The Kier molecular flexibility index (Phi) is 10.6. The highest BCUT2D eigenvalue weighted by molar-refractivity contribution is 6.10. The van der Waals surface area contributed by atoms with Crippen molar-refractivity contribution < 1.29 is 50.9 Å². The lowest BCUT2D eigenvalue weighted by atomic mass is 10.00. The van der Waals surface area contributed by atoms with Gasteiger partial charge in [-0.05, 0) is 68.4 Å². The average Bonchev–Trinajstić information content (AvgIpc) is 3.61. The van der Waals surface area contributed by atoms with Gasteiger partial charge in [-0.3, -0.25) is 14.6 Å². The van der Waals surface area contributed by atoms with Crippen LogP contribution >= 0.6 is 0 Å². The van der Waals surface area contributed by atoms with Gasteiger partial charge in [0.1, 0.15) is 18.5 Å². The molecule has 4 N–H and O–H groups in total. The molecule has 1 fully saturated rings. The van der Waals surface area contributed by atoms with E-state index in [0.29, 0.717) is 41.2 Å². The van der Waals surface area contributed by atoms with E-state index in [1.165, 1.54) is 24.4 Å². The summed E-state index contributed by atoms with van der Waals surface area (Å²) in [5.41, 5.74) is 3.14. The summed E-state index contributed by atoms with van der Waals surface area (Å²) in [5.74, 6) is -3.11. The van der Waals surface area contributed by atoms with Crippen LogP contribution in [0.2, 0.25) is 0 Å². The molecule has 1 saturated heterocycles. The summed E-state index contributed by atoms with van der Waals surface area (Å²) >= 11 is 0. The second kappa shape index (κ2) is 14.5. The number of nitrogens with zero attached hydrogens (tertiary/aromatic N) is 3. The number of aliphatic hydroxyl groups excluding tert-OH is 1. The number of fused-ring (bicyclic) bond motifs is 2. The van der Waals surface area contributed by atoms with E-state index in [1.54, 1.807) is 6.07 Å². The van der Waals surface area contributed by atoms with Crippen LogP contribution in [0.25, 0.3) is 0 Å². The molecule has 0 radical (unpaired) electrons. The summed E-state index contributed by atoms with van der Waals surface area (Å²) in [4.78, 5) is 46.8. The fraction of sp³-hybridized carbons (Fsp3) is 0.394. The molecule has 0 saturated carbocycles. The van der Waals surface area contributed by atoms with Crippen molar-refractivity contribution in [3.05, 3.63) is 86.8 Å². The quantitative estimate of drug-likeness (QED) is 0.248. The van der Waals surface area contributed by atoms with Gasteiger partial charge in [0.15, 0.2) is 0 Å². The van der Waals surface area contributed by atoms with Crippen LogP contribution < -0.4 is 15.6 Å². The molecule has 0 bridgehead atoms. The lowest BCUT2D eigenvalue weighted by Crippen LogP contribution is -2.43. The standard InChI is InChI=1S/C31H32F3N5O4.C2HF3O2/c1-38-10-7-20(8-11-38)39-16-19-12-18-13-26(37-25(18)14-22(19)30(39)42)28-24(6-9-35-29(28)41)36-15-21(40)17-43-27-5-3-2-4-23(27)31(32,33)34;3-2(4,5)1(6)7/h2-6,9,12,14,20-21,40H,7-8,10-11,13,15-17H2,1H3,(H2,35,36,41);(H,6,7)/t21-;/m1./s1. The monoisotopic (exact) mass is 709 g/mol. The van der Waals surface area contributed by atoms with Crippen molar-refractivity contribution in [1.82, 2.24) is 14.8 Å². The number of carboxylic acid groups (broad SMARTS) is 1. The number of hydrogen-bond acceptors (Lipinski definition) is 8. The fourth-order valence-electron chi connectivity index (χ4n) is 5.99. The molecule has 2 aromatic carbocycles. The first-order chi connectivity index (χ1) is 23.5. The molecule has 3 aliphatic rings. The number of aromatic nitrogens is 1. The molecule has 50 heavy (non-hydrogen) atoms. The first-order valence-corrected chi connectivity index (χ1v) is 15.5. The molecule has 0 unspecified atom stereocenters. The minimum absolute atomic E-state index is 0.0185. The zero-order valence-corrected chi connectivity index (χ0v) is 26.6. The number of aliphatic imine (C=N–C) groups is 1.